The lowest BCUT2D eigenvalue weighted by Crippen LogP contribution is -2.16. The average molecular weight is 544 g/mol. The number of nitrogens with one attached hydrogen (secondary N) is 2. The normalized spacial score (nSPS) is 11.3. The number of aryl methyl sites for hydroxylation is 1. The fourth-order valence-electron chi connectivity index (χ4n) is 4.08. The molecule has 2 N–H and O–H groups in total. The number of pyridine rings is 1. The third kappa shape index (κ3) is 5.20. The van der Waals surface area contributed by atoms with Crippen molar-refractivity contribution in [3.8, 4) is 11.3 Å². The van der Waals surface area contributed by atoms with E-state index < -0.39 is 10.0 Å². The first kappa shape index (κ1) is 25.3. The second-order valence-corrected chi connectivity index (χ2v) is 10.7. The van der Waals surface area contributed by atoms with Crippen LogP contribution in [-0.4, -0.2) is 29.3 Å². The fraction of sp³-hybridized carbons (Fsp3) is 0.0714. The summed E-state index contributed by atoms with van der Waals surface area (Å²) in [6, 6.07) is 22.3. The van der Waals surface area contributed by atoms with Crippen LogP contribution in [0.1, 0.15) is 21.6 Å². The van der Waals surface area contributed by atoms with Crippen LogP contribution in [0.15, 0.2) is 90.0 Å². The Labute approximate surface area is 224 Å². The number of rotatable bonds is 6. The van der Waals surface area contributed by atoms with Gasteiger partial charge in [0.1, 0.15) is 0 Å². The minimum Gasteiger partial charge on any atom is -0.322 e. The molecule has 190 valence electrons. The zero-order valence-electron chi connectivity index (χ0n) is 20.4. The zero-order chi connectivity index (χ0) is 26.9. The Hall–Kier alpha value is -4.34. The van der Waals surface area contributed by atoms with Gasteiger partial charge < -0.3 is 5.32 Å². The predicted octanol–water partition coefficient (Wildman–Crippen LogP) is 6.02. The van der Waals surface area contributed by atoms with Crippen LogP contribution >= 0.6 is 11.6 Å². The summed E-state index contributed by atoms with van der Waals surface area (Å²) in [5.74, 6) is -0.350. The van der Waals surface area contributed by atoms with Crippen molar-refractivity contribution < 1.29 is 13.2 Å². The van der Waals surface area contributed by atoms with Gasteiger partial charge >= 0.3 is 0 Å². The van der Waals surface area contributed by atoms with E-state index in [0.29, 0.717) is 44.1 Å². The number of para-hydroxylation sites is 1. The third-order valence-corrected chi connectivity index (χ3v) is 7.52. The summed E-state index contributed by atoms with van der Waals surface area (Å²) in [5.41, 5.74) is 4.46. The van der Waals surface area contributed by atoms with Gasteiger partial charge in [-0.05, 0) is 67.9 Å². The van der Waals surface area contributed by atoms with Gasteiger partial charge in [-0.1, -0.05) is 41.9 Å². The van der Waals surface area contributed by atoms with Gasteiger partial charge in [-0.2, -0.15) is 0 Å². The maximum absolute atomic E-state index is 13.5. The molecule has 8 nitrogen and oxygen atoms in total. The van der Waals surface area contributed by atoms with Crippen molar-refractivity contribution in [3.63, 3.8) is 0 Å². The summed E-state index contributed by atoms with van der Waals surface area (Å²) >= 11 is 6.06. The van der Waals surface area contributed by atoms with Crippen LogP contribution in [0.5, 0.6) is 0 Å². The summed E-state index contributed by atoms with van der Waals surface area (Å²) in [7, 11) is -3.91. The number of aromatic nitrogens is 3. The second-order valence-electron chi connectivity index (χ2n) is 8.59. The molecule has 5 rings (SSSR count). The minimum atomic E-state index is -3.91. The molecule has 1 amide bonds. The lowest BCUT2D eigenvalue weighted by molar-refractivity contribution is 0.102. The molecule has 0 saturated heterocycles. The first-order valence-corrected chi connectivity index (χ1v) is 13.5. The fourth-order valence-corrected chi connectivity index (χ4v) is 5.15. The Morgan fingerprint density at radius 2 is 1.58 bits per heavy atom. The van der Waals surface area contributed by atoms with Crippen LogP contribution < -0.4 is 10.0 Å². The second kappa shape index (κ2) is 10.2. The molecule has 0 radical (unpaired) electrons. The number of carbonyl (C=O) groups excluding carboxylic acids is 1. The number of anilines is 2. The van der Waals surface area contributed by atoms with Crippen LogP contribution in [0.4, 0.5) is 11.6 Å². The summed E-state index contributed by atoms with van der Waals surface area (Å²) in [6.07, 6.45) is 1.47. The van der Waals surface area contributed by atoms with E-state index in [2.05, 4.69) is 20.0 Å². The smallest absolute Gasteiger partial charge is 0.264 e. The number of hydrogen-bond acceptors (Lipinski definition) is 6. The average Bonchev–Trinajstić information content (AvgIpc) is 2.89. The van der Waals surface area contributed by atoms with E-state index in [9.17, 15) is 13.2 Å². The largest absolute Gasteiger partial charge is 0.322 e. The quantitative estimate of drug-likeness (QED) is 0.271. The highest BCUT2D eigenvalue weighted by atomic mass is 35.5. The van der Waals surface area contributed by atoms with Gasteiger partial charge in [-0.25, -0.2) is 28.1 Å². The van der Waals surface area contributed by atoms with Crippen LogP contribution in [0.2, 0.25) is 5.02 Å². The Morgan fingerprint density at radius 3 is 2.29 bits per heavy atom. The zero-order valence-corrected chi connectivity index (χ0v) is 22.0. The molecule has 2 aromatic heterocycles. The highest BCUT2D eigenvalue weighted by Gasteiger charge is 2.20. The molecular formula is C28H22ClN5O3S. The van der Waals surface area contributed by atoms with E-state index in [0.717, 1.165) is 5.56 Å². The molecule has 0 aliphatic carbocycles. The number of hydrogen-bond donors (Lipinski definition) is 2. The van der Waals surface area contributed by atoms with Crippen molar-refractivity contribution in [2.24, 2.45) is 0 Å². The first-order chi connectivity index (χ1) is 18.2. The number of benzene rings is 3. The van der Waals surface area contributed by atoms with Gasteiger partial charge in [0, 0.05) is 33.6 Å². The van der Waals surface area contributed by atoms with E-state index in [-0.39, 0.29) is 16.8 Å². The van der Waals surface area contributed by atoms with E-state index >= 15 is 0 Å². The lowest BCUT2D eigenvalue weighted by Gasteiger charge is -2.15. The minimum absolute atomic E-state index is 0.0103. The van der Waals surface area contributed by atoms with Gasteiger partial charge in [-0.3, -0.25) is 4.79 Å². The molecule has 0 spiro atoms. The predicted molar refractivity (Wildman–Crippen MR) is 149 cm³/mol. The number of carbonyl (C=O) groups is 1. The molecule has 0 atom stereocenters. The monoisotopic (exact) mass is 543 g/mol. The highest BCUT2D eigenvalue weighted by Crippen LogP contribution is 2.31. The van der Waals surface area contributed by atoms with Crippen molar-refractivity contribution in [3.05, 3.63) is 107 Å². The lowest BCUT2D eigenvalue weighted by atomic mass is 9.97. The number of amides is 1. The van der Waals surface area contributed by atoms with Gasteiger partial charge in [0.25, 0.3) is 15.9 Å². The van der Waals surface area contributed by atoms with Gasteiger partial charge in [0.15, 0.2) is 0 Å². The van der Waals surface area contributed by atoms with E-state index in [1.807, 2.05) is 43.3 Å². The summed E-state index contributed by atoms with van der Waals surface area (Å²) in [6.45, 7) is 3.59. The topological polar surface area (TPSA) is 114 Å². The molecule has 3 aromatic carbocycles. The van der Waals surface area contributed by atoms with E-state index in [4.69, 9.17) is 16.6 Å². The molecule has 0 fully saturated rings. The third-order valence-electron chi connectivity index (χ3n) is 5.92. The van der Waals surface area contributed by atoms with Crippen molar-refractivity contribution in [2.75, 3.05) is 10.0 Å². The summed E-state index contributed by atoms with van der Waals surface area (Å²) < 4.78 is 27.9. The van der Waals surface area contributed by atoms with Gasteiger partial charge in [0.05, 0.1) is 21.7 Å². The number of halogens is 1. The molecule has 0 bridgehead atoms. The van der Waals surface area contributed by atoms with Crippen LogP contribution in [-0.2, 0) is 10.0 Å². The summed E-state index contributed by atoms with van der Waals surface area (Å²) in [5, 5.41) is 4.21. The number of sulfonamides is 1. The molecule has 38 heavy (non-hydrogen) atoms. The standard InChI is InChI=1S/C28H22ClN5O3S/c1-17-15-16-30-28(31-17)34-38(36,37)22-13-11-21(12-14-22)32-27(35)25-18(2)26(19-7-9-20(29)10-8-19)33-24-6-4-3-5-23(24)25/h3-16H,1-2H3,(H,32,35)(H,30,31,34). The number of nitrogens with zero attached hydrogens (tertiary/aromatic N) is 3. The Kier molecular flexibility index (Phi) is 6.79. The molecule has 2 heterocycles. The molecular weight excluding hydrogens is 522 g/mol. The van der Waals surface area contributed by atoms with Crippen LogP contribution in [0.25, 0.3) is 22.2 Å². The van der Waals surface area contributed by atoms with Gasteiger partial charge in [-0.15, -0.1) is 0 Å². The molecule has 5 aromatic rings. The van der Waals surface area contributed by atoms with Gasteiger partial charge in [0.2, 0.25) is 5.95 Å². The Morgan fingerprint density at radius 1 is 0.868 bits per heavy atom. The molecule has 0 saturated carbocycles. The SMILES string of the molecule is Cc1ccnc(NS(=O)(=O)c2ccc(NC(=O)c3c(C)c(-c4ccc(Cl)cc4)nc4ccccc34)cc2)n1. The van der Waals surface area contributed by atoms with Crippen LogP contribution in [0, 0.1) is 13.8 Å². The van der Waals surface area contributed by atoms with Crippen molar-refractivity contribution in [1.82, 2.24) is 15.0 Å². The first-order valence-electron chi connectivity index (χ1n) is 11.6. The molecule has 0 aliphatic rings. The van der Waals surface area contributed by atoms with Crippen molar-refractivity contribution in [2.45, 2.75) is 18.7 Å². The molecule has 0 unspecified atom stereocenters. The molecule has 10 heteroatoms. The number of fused-ring (bicyclic) bond motifs is 1. The van der Waals surface area contributed by atoms with Crippen molar-refractivity contribution in [1.29, 1.82) is 0 Å². The molecule has 0 aliphatic heterocycles. The Balaban J connectivity index is 1.44. The highest BCUT2D eigenvalue weighted by molar-refractivity contribution is 7.92. The van der Waals surface area contributed by atoms with E-state index in [1.165, 1.54) is 30.5 Å². The summed E-state index contributed by atoms with van der Waals surface area (Å²) in [4.78, 5) is 26.3. The van der Waals surface area contributed by atoms with Crippen LogP contribution in [0.3, 0.4) is 0 Å². The Bertz CT molecular complexity index is 1770. The maximum atomic E-state index is 13.5. The maximum Gasteiger partial charge on any atom is 0.264 e. The van der Waals surface area contributed by atoms with Crippen molar-refractivity contribution >= 4 is 50.1 Å². The van der Waals surface area contributed by atoms with E-state index in [1.54, 1.807) is 25.1 Å².